The van der Waals surface area contributed by atoms with Crippen LogP contribution in [0.5, 0.6) is 0 Å². The van der Waals surface area contributed by atoms with Crippen LogP contribution in [0.1, 0.15) is 139 Å². The predicted octanol–water partition coefficient (Wildman–Crippen LogP) is 7.30. The fraction of sp³-hybridized carbons (Fsp3) is 0.914. The van der Waals surface area contributed by atoms with E-state index in [1.54, 1.807) is 9.80 Å². The van der Waals surface area contributed by atoms with Gasteiger partial charge < -0.3 is 40.4 Å². The molecule has 0 aliphatic heterocycles. The van der Waals surface area contributed by atoms with Gasteiger partial charge >= 0.3 is 18.3 Å². The Kier molecular flexibility index (Phi) is 22.0. The first-order valence-corrected chi connectivity index (χ1v) is 17.7. The van der Waals surface area contributed by atoms with Crippen molar-refractivity contribution in [3.63, 3.8) is 0 Å². The molecule has 0 saturated carbocycles. The molecule has 0 atom stereocenters. The normalized spacial score (nSPS) is 12.1. The van der Waals surface area contributed by atoms with Crippen LogP contribution < -0.4 is 11.5 Å². The number of hydrogen-bond acceptors (Lipinski definition) is 8. The van der Waals surface area contributed by atoms with Gasteiger partial charge in [0.25, 0.3) is 0 Å². The highest BCUT2D eigenvalue weighted by Gasteiger charge is 2.24. The zero-order valence-electron chi connectivity index (χ0n) is 31.1. The molecule has 0 fully saturated rings. The van der Waals surface area contributed by atoms with Crippen molar-refractivity contribution in [3.05, 3.63) is 0 Å². The van der Waals surface area contributed by atoms with Crippen molar-refractivity contribution in [2.45, 2.75) is 156 Å². The standard InChI is InChI=1S/C35H71N5O6/c1-33(2,3)44-30(41)38(24-16-10-12-18-26-39(28-20-14-22-36)31(42)45-34(4,5)6)25-17-11-13-19-27-40(29-21-15-23-37)32(43)46-35(7,8)9/h10-29,36-37H2,1-9H3. The van der Waals surface area contributed by atoms with Crippen LogP contribution in [-0.2, 0) is 14.2 Å². The third kappa shape index (κ3) is 24.9. The summed E-state index contributed by atoms with van der Waals surface area (Å²) in [6.45, 7) is 22.0. The monoisotopic (exact) mass is 658 g/mol. The number of ether oxygens (including phenoxy) is 3. The maximum absolute atomic E-state index is 13.0. The van der Waals surface area contributed by atoms with Crippen molar-refractivity contribution in [2.75, 3.05) is 52.4 Å². The maximum atomic E-state index is 13.0. The van der Waals surface area contributed by atoms with E-state index in [2.05, 4.69) is 0 Å². The average molecular weight is 658 g/mol. The van der Waals surface area contributed by atoms with Crippen LogP contribution in [0.15, 0.2) is 0 Å². The lowest BCUT2D eigenvalue weighted by Crippen LogP contribution is -2.38. The van der Waals surface area contributed by atoms with Gasteiger partial charge in [-0.15, -0.1) is 0 Å². The Bertz CT molecular complexity index is 781. The Morgan fingerprint density at radius 1 is 0.391 bits per heavy atom. The third-order valence-electron chi connectivity index (χ3n) is 6.93. The van der Waals surface area contributed by atoms with E-state index < -0.39 is 16.8 Å². The molecule has 11 heteroatoms. The van der Waals surface area contributed by atoms with Gasteiger partial charge in [-0.3, -0.25) is 0 Å². The number of nitrogens with two attached hydrogens (primary N) is 2. The van der Waals surface area contributed by atoms with Crippen LogP contribution in [-0.4, -0.2) is 102 Å². The van der Waals surface area contributed by atoms with E-state index >= 15 is 0 Å². The van der Waals surface area contributed by atoms with Gasteiger partial charge in [-0.1, -0.05) is 25.7 Å². The average Bonchev–Trinajstić information content (AvgIpc) is 2.90. The predicted molar refractivity (Wildman–Crippen MR) is 187 cm³/mol. The van der Waals surface area contributed by atoms with Crippen molar-refractivity contribution in [2.24, 2.45) is 11.5 Å². The molecule has 3 amide bonds. The number of carbonyl (C=O) groups is 3. The minimum Gasteiger partial charge on any atom is -0.444 e. The van der Waals surface area contributed by atoms with Crippen molar-refractivity contribution in [3.8, 4) is 0 Å². The highest BCUT2D eigenvalue weighted by atomic mass is 16.6. The van der Waals surface area contributed by atoms with Gasteiger partial charge in [0.2, 0.25) is 0 Å². The zero-order chi connectivity index (χ0) is 35.2. The molecule has 0 bridgehead atoms. The summed E-state index contributed by atoms with van der Waals surface area (Å²) in [4.78, 5) is 43.7. The molecule has 0 rings (SSSR count). The summed E-state index contributed by atoms with van der Waals surface area (Å²) >= 11 is 0. The molecule has 0 aromatic rings. The van der Waals surface area contributed by atoms with Crippen molar-refractivity contribution >= 4 is 18.3 Å². The number of nitrogens with zero attached hydrogens (tertiary/aromatic N) is 3. The summed E-state index contributed by atoms with van der Waals surface area (Å²) in [6.07, 6.45) is 9.95. The lowest BCUT2D eigenvalue weighted by Gasteiger charge is -2.28. The van der Waals surface area contributed by atoms with E-state index in [0.29, 0.717) is 52.4 Å². The number of unbranched alkanes of at least 4 members (excludes halogenated alkanes) is 8. The maximum Gasteiger partial charge on any atom is 0.410 e. The second-order valence-electron chi connectivity index (χ2n) is 15.2. The molecular formula is C35H71N5O6. The Balaban J connectivity index is 4.79. The van der Waals surface area contributed by atoms with Crippen LogP contribution in [0, 0.1) is 0 Å². The summed E-state index contributed by atoms with van der Waals surface area (Å²) in [6, 6.07) is 0. The first-order chi connectivity index (χ1) is 21.4. The van der Waals surface area contributed by atoms with Gasteiger partial charge in [-0.2, -0.15) is 0 Å². The summed E-state index contributed by atoms with van der Waals surface area (Å²) in [5.41, 5.74) is 9.67. The molecule has 0 spiro atoms. The van der Waals surface area contributed by atoms with Crippen LogP contribution in [0.4, 0.5) is 14.4 Å². The molecule has 0 heterocycles. The van der Waals surface area contributed by atoms with E-state index in [1.807, 2.05) is 67.2 Å². The molecule has 0 radical (unpaired) electrons. The fourth-order valence-corrected chi connectivity index (χ4v) is 4.67. The second kappa shape index (κ2) is 23.1. The van der Waals surface area contributed by atoms with Gasteiger partial charge in [-0.05, 0) is 127 Å². The highest BCUT2D eigenvalue weighted by molar-refractivity contribution is 5.68. The number of amides is 3. The molecule has 272 valence electrons. The second-order valence-corrected chi connectivity index (χ2v) is 15.2. The minimum atomic E-state index is -0.556. The highest BCUT2D eigenvalue weighted by Crippen LogP contribution is 2.16. The van der Waals surface area contributed by atoms with E-state index in [1.165, 1.54) is 0 Å². The Morgan fingerprint density at radius 3 is 0.761 bits per heavy atom. The van der Waals surface area contributed by atoms with Crippen LogP contribution in [0.3, 0.4) is 0 Å². The van der Waals surface area contributed by atoms with E-state index in [4.69, 9.17) is 25.7 Å². The van der Waals surface area contributed by atoms with Crippen molar-refractivity contribution in [1.29, 1.82) is 0 Å². The zero-order valence-corrected chi connectivity index (χ0v) is 31.1. The summed E-state index contributed by atoms with van der Waals surface area (Å²) < 4.78 is 16.9. The minimum absolute atomic E-state index is 0.273. The fourth-order valence-electron chi connectivity index (χ4n) is 4.67. The number of carbonyl (C=O) groups excluding carboxylic acids is 3. The lowest BCUT2D eigenvalue weighted by atomic mass is 10.1. The molecule has 0 aliphatic carbocycles. The molecule has 0 unspecified atom stereocenters. The lowest BCUT2D eigenvalue weighted by molar-refractivity contribution is 0.0224. The smallest absolute Gasteiger partial charge is 0.410 e. The number of rotatable bonds is 22. The third-order valence-corrected chi connectivity index (χ3v) is 6.93. The summed E-state index contributed by atoms with van der Waals surface area (Å²) in [7, 11) is 0. The Morgan fingerprint density at radius 2 is 0.587 bits per heavy atom. The van der Waals surface area contributed by atoms with Gasteiger partial charge in [0.05, 0.1) is 0 Å². The summed E-state index contributed by atoms with van der Waals surface area (Å²) in [5, 5.41) is 0. The van der Waals surface area contributed by atoms with Crippen LogP contribution in [0.25, 0.3) is 0 Å². The Hall–Kier alpha value is -2.27. The molecule has 0 aromatic carbocycles. The van der Waals surface area contributed by atoms with E-state index in [-0.39, 0.29) is 18.3 Å². The molecule has 0 aliphatic rings. The van der Waals surface area contributed by atoms with Crippen LogP contribution in [0.2, 0.25) is 0 Å². The molecule has 0 aromatic heterocycles. The van der Waals surface area contributed by atoms with Crippen molar-refractivity contribution < 1.29 is 28.6 Å². The Labute approximate surface area is 281 Å². The van der Waals surface area contributed by atoms with E-state index in [0.717, 1.165) is 77.0 Å². The molecule has 4 N–H and O–H groups in total. The molecule has 0 saturated heterocycles. The molecule has 46 heavy (non-hydrogen) atoms. The molecular weight excluding hydrogens is 586 g/mol. The van der Waals surface area contributed by atoms with Gasteiger partial charge in [-0.25, -0.2) is 14.4 Å². The first kappa shape index (κ1) is 43.7. The molecule has 11 nitrogen and oxygen atoms in total. The van der Waals surface area contributed by atoms with Crippen LogP contribution >= 0.6 is 0 Å². The quantitative estimate of drug-likeness (QED) is 0.0913. The van der Waals surface area contributed by atoms with E-state index in [9.17, 15) is 14.4 Å². The first-order valence-electron chi connectivity index (χ1n) is 17.7. The van der Waals surface area contributed by atoms with Crippen molar-refractivity contribution in [1.82, 2.24) is 14.7 Å². The summed E-state index contributed by atoms with van der Waals surface area (Å²) in [5.74, 6) is 0. The van der Waals surface area contributed by atoms with Gasteiger partial charge in [0.15, 0.2) is 0 Å². The van der Waals surface area contributed by atoms with Gasteiger partial charge in [0.1, 0.15) is 16.8 Å². The topological polar surface area (TPSA) is 141 Å². The largest absolute Gasteiger partial charge is 0.444 e. The van der Waals surface area contributed by atoms with Gasteiger partial charge in [0, 0.05) is 39.3 Å². The number of hydrogen-bond donors (Lipinski definition) is 2. The SMILES string of the molecule is CC(C)(C)OC(=O)N(CCCCN)CCCCCCN(CCCCCCN(CCCCN)C(=O)OC(C)(C)C)C(=O)OC(C)(C)C.